The zero-order chi connectivity index (χ0) is 22.3. The molecule has 5 N–H and O–H groups in total. The summed E-state index contributed by atoms with van der Waals surface area (Å²) < 4.78 is 6.41. The Balaban J connectivity index is 1.85. The van der Waals surface area contributed by atoms with E-state index in [2.05, 4.69) is 23.8 Å². The van der Waals surface area contributed by atoms with Crippen molar-refractivity contribution in [2.75, 3.05) is 24.3 Å². The molecule has 1 aromatic carbocycles. The highest BCUT2D eigenvalue weighted by Crippen LogP contribution is 2.49. The Morgan fingerprint density at radius 1 is 1.26 bits per heavy atom. The first-order chi connectivity index (χ1) is 14.7. The van der Waals surface area contributed by atoms with Crippen LogP contribution in [0.2, 0.25) is 0 Å². The maximum absolute atomic E-state index is 12.5. The van der Waals surface area contributed by atoms with Crippen molar-refractivity contribution in [3.05, 3.63) is 29.6 Å². The number of aliphatic hydroxyl groups excluding tert-OH is 1. The molecule has 166 valence electrons. The van der Waals surface area contributed by atoms with E-state index in [4.69, 9.17) is 16.2 Å². The van der Waals surface area contributed by atoms with E-state index in [0.29, 0.717) is 23.7 Å². The van der Waals surface area contributed by atoms with Gasteiger partial charge in [-0.3, -0.25) is 4.79 Å². The first-order valence-corrected chi connectivity index (χ1v) is 10.8. The van der Waals surface area contributed by atoms with Crippen molar-refractivity contribution in [1.29, 1.82) is 0 Å². The van der Waals surface area contributed by atoms with E-state index < -0.39 is 12.5 Å². The van der Waals surface area contributed by atoms with Crippen molar-refractivity contribution < 1.29 is 14.6 Å². The van der Waals surface area contributed by atoms with Gasteiger partial charge >= 0.3 is 0 Å². The molecule has 8 heteroatoms. The number of hydrogen-bond acceptors (Lipinski definition) is 7. The third-order valence-electron chi connectivity index (χ3n) is 6.53. The molecule has 0 bridgehead atoms. The zero-order valence-electron chi connectivity index (χ0n) is 18.4. The van der Waals surface area contributed by atoms with Gasteiger partial charge in [0.2, 0.25) is 0 Å². The lowest BCUT2D eigenvalue weighted by Gasteiger charge is -2.37. The molecule has 8 nitrogen and oxygen atoms in total. The molecule has 2 aliphatic carbocycles. The van der Waals surface area contributed by atoms with E-state index in [1.165, 1.54) is 11.2 Å². The molecule has 0 radical (unpaired) electrons. The number of rotatable bonds is 4. The predicted molar refractivity (Wildman–Crippen MR) is 120 cm³/mol. The van der Waals surface area contributed by atoms with Crippen LogP contribution in [0.1, 0.15) is 50.7 Å². The second-order valence-corrected chi connectivity index (χ2v) is 9.25. The molecule has 1 saturated carbocycles. The molecule has 2 aromatic rings. The summed E-state index contributed by atoms with van der Waals surface area (Å²) in [5.41, 5.74) is 16.2. The summed E-state index contributed by atoms with van der Waals surface area (Å²) in [5, 5.41) is 9.53. The monoisotopic (exact) mass is 425 g/mol. The van der Waals surface area contributed by atoms with Gasteiger partial charge in [0.1, 0.15) is 24.5 Å². The molecular formula is C23H31N5O3. The average molecular weight is 426 g/mol. The van der Waals surface area contributed by atoms with Crippen LogP contribution in [-0.4, -0.2) is 46.8 Å². The topological polar surface area (TPSA) is 128 Å². The highest BCUT2D eigenvalue weighted by molar-refractivity contribution is 5.98. The van der Waals surface area contributed by atoms with Crippen LogP contribution in [0.25, 0.3) is 11.3 Å². The first kappa shape index (κ1) is 21.5. The summed E-state index contributed by atoms with van der Waals surface area (Å²) >= 11 is 0. The van der Waals surface area contributed by atoms with Gasteiger partial charge in [-0.25, -0.2) is 9.97 Å². The molecule has 1 fully saturated rings. The molecule has 2 aliphatic rings. The minimum atomic E-state index is -0.576. The van der Waals surface area contributed by atoms with Gasteiger partial charge in [-0.2, -0.15) is 0 Å². The Hall–Kier alpha value is -2.71. The van der Waals surface area contributed by atoms with Crippen LogP contribution in [0.5, 0.6) is 5.75 Å². The van der Waals surface area contributed by atoms with Gasteiger partial charge in [0.15, 0.2) is 0 Å². The van der Waals surface area contributed by atoms with Gasteiger partial charge in [-0.05, 0) is 55.2 Å². The van der Waals surface area contributed by atoms with Gasteiger partial charge in [-0.15, -0.1) is 0 Å². The highest BCUT2D eigenvalue weighted by Gasteiger charge is 2.38. The Morgan fingerprint density at radius 2 is 1.97 bits per heavy atom. The summed E-state index contributed by atoms with van der Waals surface area (Å²) in [4.78, 5) is 22.7. The minimum absolute atomic E-state index is 0.0519. The second-order valence-electron chi connectivity index (χ2n) is 9.25. The zero-order valence-corrected chi connectivity index (χ0v) is 18.4. The lowest BCUT2D eigenvalue weighted by atomic mass is 9.71. The van der Waals surface area contributed by atoms with Crippen molar-refractivity contribution in [2.24, 2.45) is 5.73 Å². The van der Waals surface area contributed by atoms with E-state index >= 15 is 0 Å². The van der Waals surface area contributed by atoms with Crippen molar-refractivity contribution in [3.63, 3.8) is 0 Å². The fourth-order valence-electron chi connectivity index (χ4n) is 4.90. The number of nitrogens with zero attached hydrogens (tertiary/aromatic N) is 3. The number of carbonyl (C=O) groups is 1. The number of hydrogen-bond donors (Lipinski definition) is 3. The van der Waals surface area contributed by atoms with Crippen molar-refractivity contribution in [2.45, 2.75) is 63.5 Å². The summed E-state index contributed by atoms with van der Waals surface area (Å²) in [6.07, 6.45) is 5.77. The third kappa shape index (κ3) is 3.85. The van der Waals surface area contributed by atoms with Gasteiger partial charge in [-0.1, -0.05) is 13.8 Å². The van der Waals surface area contributed by atoms with Crippen LogP contribution < -0.4 is 21.1 Å². The fourth-order valence-corrected chi connectivity index (χ4v) is 4.90. The van der Waals surface area contributed by atoms with E-state index in [0.717, 1.165) is 48.1 Å². The number of carbonyl (C=O) groups excluding carboxylic acids is 1. The van der Waals surface area contributed by atoms with Crippen LogP contribution >= 0.6 is 0 Å². The van der Waals surface area contributed by atoms with Gasteiger partial charge < -0.3 is 26.2 Å². The summed E-state index contributed by atoms with van der Waals surface area (Å²) in [7, 11) is 1.68. The maximum Gasteiger partial charge on any atom is 0.252 e. The number of aromatic nitrogens is 2. The number of likely N-dealkylation sites (N-methyl/N-ethyl adjacent to an activating group) is 1. The van der Waals surface area contributed by atoms with Crippen molar-refractivity contribution >= 4 is 17.4 Å². The Morgan fingerprint density at radius 3 is 2.65 bits per heavy atom. The molecule has 0 aliphatic heterocycles. The molecule has 0 unspecified atom stereocenters. The lowest BCUT2D eigenvalue weighted by Crippen LogP contribution is -2.35. The van der Waals surface area contributed by atoms with E-state index in [1.807, 2.05) is 12.1 Å². The highest BCUT2D eigenvalue weighted by atomic mass is 16.5. The number of anilines is 2. The van der Waals surface area contributed by atoms with Crippen molar-refractivity contribution in [3.8, 4) is 17.0 Å². The first-order valence-electron chi connectivity index (χ1n) is 10.8. The summed E-state index contributed by atoms with van der Waals surface area (Å²) in [6, 6.07) is 4.11. The lowest BCUT2D eigenvalue weighted by molar-refractivity contribution is -0.121. The van der Waals surface area contributed by atoms with Crippen molar-refractivity contribution in [1.82, 2.24) is 9.97 Å². The minimum Gasteiger partial charge on any atom is -0.488 e. The van der Waals surface area contributed by atoms with Gasteiger partial charge in [0.05, 0.1) is 17.5 Å². The quantitative estimate of drug-likeness (QED) is 0.685. The number of nitrogen functional groups attached to an aromatic ring is 1. The second kappa shape index (κ2) is 8.09. The van der Waals surface area contributed by atoms with E-state index in [9.17, 15) is 9.90 Å². The van der Waals surface area contributed by atoms with Gasteiger partial charge in [0, 0.05) is 24.2 Å². The molecule has 1 aromatic heterocycles. The number of benzene rings is 1. The van der Waals surface area contributed by atoms with E-state index in [-0.39, 0.29) is 17.6 Å². The van der Waals surface area contributed by atoms with Crippen LogP contribution in [0, 0.1) is 0 Å². The molecule has 0 spiro atoms. The normalized spacial score (nSPS) is 21.7. The van der Waals surface area contributed by atoms with Crippen LogP contribution in [-0.2, 0) is 16.6 Å². The van der Waals surface area contributed by atoms with Crippen LogP contribution in [0.3, 0.4) is 0 Å². The number of fused-ring (bicyclic) bond motifs is 3. The SMILES string of the molecule is CN(C(=O)CO)c1c(O[C@H]2CC[C@H](N)CC2)ccc2c1CC(C)(C)c1c(N)ncnc1-2. The molecular weight excluding hydrogens is 394 g/mol. The summed E-state index contributed by atoms with van der Waals surface area (Å²) in [5.74, 6) is 0.723. The Bertz CT molecular complexity index is 999. The molecule has 0 atom stereocenters. The van der Waals surface area contributed by atoms with Crippen LogP contribution in [0.15, 0.2) is 18.5 Å². The molecule has 0 saturated heterocycles. The Labute approximate surface area is 182 Å². The smallest absolute Gasteiger partial charge is 0.252 e. The number of nitrogens with two attached hydrogens (primary N) is 2. The summed E-state index contributed by atoms with van der Waals surface area (Å²) in [6.45, 7) is 3.62. The fraction of sp³-hybridized carbons (Fsp3) is 0.522. The predicted octanol–water partition coefficient (Wildman–Crippen LogP) is 2.16. The molecule has 4 rings (SSSR count). The van der Waals surface area contributed by atoms with Crippen LogP contribution in [0.4, 0.5) is 11.5 Å². The number of amides is 1. The largest absolute Gasteiger partial charge is 0.488 e. The third-order valence-corrected chi connectivity index (χ3v) is 6.53. The molecule has 31 heavy (non-hydrogen) atoms. The number of ether oxygens (including phenoxy) is 1. The number of aliphatic hydroxyl groups is 1. The maximum atomic E-state index is 12.5. The Kier molecular flexibility index (Phi) is 5.61. The molecule has 1 heterocycles. The average Bonchev–Trinajstić information content (AvgIpc) is 2.73. The van der Waals surface area contributed by atoms with E-state index in [1.54, 1.807) is 7.05 Å². The van der Waals surface area contributed by atoms with Gasteiger partial charge in [0.25, 0.3) is 5.91 Å². The molecule has 1 amide bonds. The standard InChI is InChI=1S/C23H31N5O3/c1-23(2)10-16-15(20-19(23)22(25)27-12-26-20)8-9-17(21(16)28(3)18(30)11-29)31-14-6-4-13(24)5-7-14/h8-9,12-14,29H,4-7,10-11,24H2,1-3H3,(H2,25,26,27)/t13-,14-.